The highest BCUT2D eigenvalue weighted by Gasteiger charge is 2.43. The number of hydrogen-bond acceptors (Lipinski definition) is 3. The SMILES string of the molecule is CCCC(NN)C1(OCC)CCC(C)(C)CC1. The summed E-state index contributed by atoms with van der Waals surface area (Å²) in [6.07, 6.45) is 6.96. The second-order valence-electron chi connectivity index (χ2n) is 6.17. The van der Waals surface area contributed by atoms with Gasteiger partial charge in [0, 0.05) is 6.61 Å². The van der Waals surface area contributed by atoms with Crippen LogP contribution in [0.3, 0.4) is 0 Å². The predicted molar refractivity (Wildman–Crippen MR) is 72.6 cm³/mol. The third kappa shape index (κ3) is 3.67. The molecular weight excluding hydrogens is 212 g/mol. The largest absolute Gasteiger partial charge is 0.374 e. The van der Waals surface area contributed by atoms with Gasteiger partial charge in [0.2, 0.25) is 0 Å². The molecule has 1 rings (SSSR count). The summed E-state index contributed by atoms with van der Waals surface area (Å²) in [5.41, 5.74) is 3.43. The van der Waals surface area contributed by atoms with E-state index in [0.717, 1.165) is 32.3 Å². The molecule has 0 saturated heterocycles. The summed E-state index contributed by atoms with van der Waals surface area (Å²) >= 11 is 0. The molecular formula is C14H30N2O. The molecule has 0 aliphatic heterocycles. The molecule has 0 aromatic rings. The normalized spacial score (nSPS) is 24.5. The van der Waals surface area contributed by atoms with E-state index in [9.17, 15) is 0 Å². The minimum Gasteiger partial charge on any atom is -0.374 e. The molecule has 0 amide bonds. The molecule has 1 saturated carbocycles. The molecule has 1 unspecified atom stereocenters. The predicted octanol–water partition coefficient (Wildman–Crippen LogP) is 2.99. The first-order valence-electron chi connectivity index (χ1n) is 7.10. The van der Waals surface area contributed by atoms with Gasteiger partial charge in [-0.3, -0.25) is 11.3 Å². The van der Waals surface area contributed by atoms with Gasteiger partial charge in [-0.1, -0.05) is 27.2 Å². The third-order valence-corrected chi connectivity index (χ3v) is 4.30. The number of hydrogen-bond donors (Lipinski definition) is 2. The molecule has 1 atom stereocenters. The number of rotatable bonds is 6. The lowest BCUT2D eigenvalue weighted by molar-refractivity contribution is -0.108. The highest BCUT2D eigenvalue weighted by molar-refractivity contribution is 4.98. The van der Waals surface area contributed by atoms with Gasteiger partial charge in [-0.15, -0.1) is 0 Å². The van der Waals surface area contributed by atoms with Crippen molar-refractivity contribution in [1.29, 1.82) is 0 Å². The minimum absolute atomic E-state index is 0.0327. The van der Waals surface area contributed by atoms with Gasteiger partial charge in [0.25, 0.3) is 0 Å². The molecule has 17 heavy (non-hydrogen) atoms. The van der Waals surface area contributed by atoms with Crippen LogP contribution in [0.15, 0.2) is 0 Å². The van der Waals surface area contributed by atoms with Crippen LogP contribution in [0.5, 0.6) is 0 Å². The summed E-state index contributed by atoms with van der Waals surface area (Å²) in [5.74, 6) is 5.74. The summed E-state index contributed by atoms with van der Waals surface area (Å²) in [6.45, 7) is 9.78. The molecule has 0 aromatic heterocycles. The Morgan fingerprint density at radius 3 is 2.18 bits per heavy atom. The smallest absolute Gasteiger partial charge is 0.0848 e. The number of hydrazine groups is 1. The molecule has 3 nitrogen and oxygen atoms in total. The average molecular weight is 242 g/mol. The van der Waals surface area contributed by atoms with E-state index in [1.807, 2.05) is 0 Å². The van der Waals surface area contributed by atoms with Gasteiger partial charge in [0.05, 0.1) is 11.6 Å². The van der Waals surface area contributed by atoms with Crippen LogP contribution in [0.2, 0.25) is 0 Å². The number of nitrogens with one attached hydrogen (secondary N) is 1. The molecule has 0 bridgehead atoms. The molecule has 3 heteroatoms. The lowest BCUT2D eigenvalue weighted by atomic mass is 9.68. The Hall–Kier alpha value is -0.120. The summed E-state index contributed by atoms with van der Waals surface area (Å²) in [4.78, 5) is 0. The van der Waals surface area contributed by atoms with Gasteiger partial charge in [0.15, 0.2) is 0 Å². The molecule has 1 aliphatic carbocycles. The van der Waals surface area contributed by atoms with Gasteiger partial charge in [0.1, 0.15) is 0 Å². The van der Waals surface area contributed by atoms with E-state index in [-0.39, 0.29) is 5.60 Å². The van der Waals surface area contributed by atoms with Gasteiger partial charge in [-0.2, -0.15) is 0 Å². The van der Waals surface area contributed by atoms with Gasteiger partial charge < -0.3 is 4.74 Å². The zero-order chi connectivity index (χ0) is 12.9. The second kappa shape index (κ2) is 6.17. The number of nitrogens with two attached hydrogens (primary N) is 1. The Balaban J connectivity index is 2.75. The standard InChI is InChI=1S/C14H30N2O/c1-5-7-12(16-15)14(17-6-2)10-8-13(3,4)9-11-14/h12,16H,5-11,15H2,1-4H3. The first-order chi connectivity index (χ1) is 7.99. The van der Waals surface area contributed by atoms with Crippen LogP contribution in [0.4, 0.5) is 0 Å². The van der Waals surface area contributed by atoms with E-state index in [0.29, 0.717) is 11.5 Å². The van der Waals surface area contributed by atoms with Crippen molar-refractivity contribution in [3.05, 3.63) is 0 Å². The Kier molecular flexibility index (Phi) is 5.42. The lowest BCUT2D eigenvalue weighted by Crippen LogP contribution is -2.57. The average Bonchev–Trinajstić information content (AvgIpc) is 2.30. The van der Waals surface area contributed by atoms with E-state index in [1.165, 1.54) is 12.8 Å². The summed E-state index contributed by atoms with van der Waals surface area (Å²) in [6, 6.07) is 0.295. The molecule has 0 aromatic carbocycles. The van der Waals surface area contributed by atoms with E-state index in [1.54, 1.807) is 0 Å². The van der Waals surface area contributed by atoms with Gasteiger partial charge in [-0.25, -0.2) is 0 Å². The van der Waals surface area contributed by atoms with E-state index in [2.05, 4.69) is 33.1 Å². The van der Waals surface area contributed by atoms with Crippen LogP contribution in [0.25, 0.3) is 0 Å². The fourth-order valence-electron chi connectivity index (χ4n) is 3.02. The van der Waals surface area contributed by atoms with Crippen LogP contribution >= 0.6 is 0 Å². The van der Waals surface area contributed by atoms with Crippen LogP contribution in [0, 0.1) is 5.41 Å². The van der Waals surface area contributed by atoms with Gasteiger partial charge >= 0.3 is 0 Å². The summed E-state index contributed by atoms with van der Waals surface area (Å²) < 4.78 is 6.13. The Morgan fingerprint density at radius 2 is 1.76 bits per heavy atom. The highest BCUT2D eigenvalue weighted by atomic mass is 16.5. The van der Waals surface area contributed by atoms with E-state index >= 15 is 0 Å². The van der Waals surface area contributed by atoms with Crippen molar-refractivity contribution < 1.29 is 4.74 Å². The minimum atomic E-state index is -0.0327. The first-order valence-corrected chi connectivity index (χ1v) is 7.10. The molecule has 0 heterocycles. The Labute approximate surface area is 106 Å². The number of ether oxygens (including phenoxy) is 1. The topological polar surface area (TPSA) is 47.3 Å². The first kappa shape index (κ1) is 14.9. The van der Waals surface area contributed by atoms with E-state index in [4.69, 9.17) is 10.6 Å². The molecule has 0 radical (unpaired) electrons. The highest BCUT2D eigenvalue weighted by Crippen LogP contribution is 2.44. The molecule has 102 valence electrons. The quantitative estimate of drug-likeness (QED) is 0.556. The third-order valence-electron chi connectivity index (χ3n) is 4.30. The Morgan fingerprint density at radius 1 is 1.18 bits per heavy atom. The van der Waals surface area contributed by atoms with Crippen LogP contribution in [-0.2, 0) is 4.74 Å². The molecule has 0 spiro atoms. The van der Waals surface area contributed by atoms with Crippen molar-refractivity contribution in [3.8, 4) is 0 Å². The fourth-order valence-corrected chi connectivity index (χ4v) is 3.02. The maximum Gasteiger partial charge on any atom is 0.0848 e. The lowest BCUT2D eigenvalue weighted by Gasteiger charge is -2.47. The van der Waals surface area contributed by atoms with Crippen molar-refractivity contribution in [2.24, 2.45) is 11.3 Å². The molecule has 3 N–H and O–H groups in total. The van der Waals surface area contributed by atoms with Crippen molar-refractivity contribution in [3.63, 3.8) is 0 Å². The van der Waals surface area contributed by atoms with Crippen LogP contribution in [-0.4, -0.2) is 18.2 Å². The molecule has 1 aliphatic rings. The van der Waals surface area contributed by atoms with Crippen molar-refractivity contribution >= 4 is 0 Å². The van der Waals surface area contributed by atoms with Crippen molar-refractivity contribution in [2.45, 2.75) is 77.9 Å². The van der Waals surface area contributed by atoms with Gasteiger partial charge in [-0.05, 0) is 44.4 Å². The van der Waals surface area contributed by atoms with Crippen molar-refractivity contribution in [2.75, 3.05) is 6.61 Å². The fraction of sp³-hybridized carbons (Fsp3) is 1.00. The zero-order valence-corrected chi connectivity index (χ0v) is 12.0. The maximum atomic E-state index is 6.13. The zero-order valence-electron chi connectivity index (χ0n) is 12.0. The monoisotopic (exact) mass is 242 g/mol. The van der Waals surface area contributed by atoms with E-state index < -0.39 is 0 Å². The summed E-state index contributed by atoms with van der Waals surface area (Å²) in [5, 5.41) is 0. The van der Waals surface area contributed by atoms with Crippen LogP contribution in [0.1, 0.15) is 66.2 Å². The van der Waals surface area contributed by atoms with Crippen molar-refractivity contribution in [1.82, 2.24) is 5.43 Å². The second-order valence-corrected chi connectivity index (χ2v) is 6.17. The van der Waals surface area contributed by atoms with Crippen LogP contribution < -0.4 is 11.3 Å². The maximum absolute atomic E-state index is 6.13. The molecule has 1 fully saturated rings. The summed E-state index contributed by atoms with van der Waals surface area (Å²) in [7, 11) is 0. The Bertz CT molecular complexity index is 218.